The molecule has 5 nitrogen and oxygen atoms in total. The predicted molar refractivity (Wildman–Crippen MR) is 94.7 cm³/mol. The molecule has 0 atom stereocenters. The van der Waals surface area contributed by atoms with Crippen LogP contribution in [0, 0.1) is 0 Å². The minimum atomic E-state index is -0.598. The van der Waals surface area contributed by atoms with Crippen molar-refractivity contribution in [2.45, 2.75) is 32.8 Å². The number of methoxy groups -OCH3 is 1. The van der Waals surface area contributed by atoms with E-state index in [0.29, 0.717) is 17.7 Å². The number of anilines is 1. The van der Waals surface area contributed by atoms with Crippen molar-refractivity contribution in [1.29, 1.82) is 0 Å². The molecule has 0 aromatic heterocycles. The molecule has 25 heavy (non-hydrogen) atoms. The largest absolute Gasteiger partial charge is 0.464 e. The molecule has 0 spiro atoms. The zero-order chi connectivity index (χ0) is 18.2. The average molecular weight is 339 g/mol. The van der Waals surface area contributed by atoms with Crippen molar-refractivity contribution >= 4 is 17.6 Å². The highest BCUT2D eigenvalue weighted by Gasteiger charge is 2.35. The van der Waals surface area contributed by atoms with Gasteiger partial charge in [0.1, 0.15) is 11.3 Å². The second-order valence-electron chi connectivity index (χ2n) is 6.91. The van der Waals surface area contributed by atoms with Crippen molar-refractivity contribution in [3.63, 3.8) is 0 Å². The highest BCUT2D eigenvalue weighted by atomic mass is 16.6. The Hall–Kier alpha value is -2.82. The van der Waals surface area contributed by atoms with Crippen molar-refractivity contribution in [1.82, 2.24) is 0 Å². The predicted octanol–water partition coefficient (Wildman–Crippen LogP) is 3.27. The van der Waals surface area contributed by atoms with Gasteiger partial charge in [0.05, 0.1) is 12.7 Å². The van der Waals surface area contributed by atoms with Crippen molar-refractivity contribution in [2.75, 3.05) is 12.0 Å². The molecule has 0 N–H and O–H groups in total. The molecule has 0 fully saturated rings. The van der Waals surface area contributed by atoms with Crippen LogP contribution in [0.25, 0.3) is 0 Å². The number of ether oxygens (including phenoxy) is 2. The number of rotatable bonds is 2. The zero-order valence-electron chi connectivity index (χ0n) is 14.8. The first kappa shape index (κ1) is 17.0. The van der Waals surface area contributed by atoms with Crippen LogP contribution in [0.1, 0.15) is 26.3 Å². The number of para-hydroxylation sites is 1. The Morgan fingerprint density at radius 1 is 1.12 bits per heavy atom. The minimum Gasteiger partial charge on any atom is -0.464 e. The Balaban J connectivity index is 2.13. The maximum absolute atomic E-state index is 12.7. The molecule has 2 aliphatic rings. The van der Waals surface area contributed by atoms with E-state index in [1.54, 1.807) is 23.1 Å². The van der Waals surface area contributed by atoms with Gasteiger partial charge >= 0.3 is 11.9 Å². The fourth-order valence-corrected chi connectivity index (χ4v) is 2.96. The van der Waals surface area contributed by atoms with Crippen LogP contribution in [0.3, 0.4) is 0 Å². The third-order valence-corrected chi connectivity index (χ3v) is 3.94. The van der Waals surface area contributed by atoms with Crippen LogP contribution in [0.5, 0.6) is 0 Å². The van der Waals surface area contributed by atoms with Crippen LogP contribution in [0.15, 0.2) is 59.5 Å². The molecular formula is C20H21NO4. The molecule has 0 saturated heterocycles. The lowest BCUT2D eigenvalue weighted by atomic mass is 10.1. The number of carbonyl (C=O) groups excluding carboxylic acids is 2. The first-order valence-electron chi connectivity index (χ1n) is 8.13. The van der Waals surface area contributed by atoms with Crippen molar-refractivity contribution in [3.05, 3.63) is 65.0 Å². The van der Waals surface area contributed by atoms with E-state index in [-0.39, 0.29) is 0 Å². The summed E-state index contributed by atoms with van der Waals surface area (Å²) in [5.41, 5.74) is 2.86. The highest BCUT2D eigenvalue weighted by molar-refractivity contribution is 6.00. The van der Waals surface area contributed by atoms with E-state index in [2.05, 4.69) is 0 Å². The molecule has 0 radical (unpaired) electrons. The first-order valence-corrected chi connectivity index (χ1v) is 8.13. The van der Waals surface area contributed by atoms with E-state index in [9.17, 15) is 9.59 Å². The van der Waals surface area contributed by atoms with Crippen LogP contribution in [0.4, 0.5) is 5.69 Å². The van der Waals surface area contributed by atoms with Crippen LogP contribution >= 0.6 is 0 Å². The summed E-state index contributed by atoms with van der Waals surface area (Å²) in [4.78, 5) is 26.8. The van der Waals surface area contributed by atoms with E-state index in [1.165, 1.54) is 7.11 Å². The molecule has 130 valence electrons. The molecule has 5 heteroatoms. The number of esters is 2. The van der Waals surface area contributed by atoms with Gasteiger partial charge in [0.15, 0.2) is 0 Å². The monoisotopic (exact) mass is 339 g/mol. The Morgan fingerprint density at radius 2 is 1.84 bits per heavy atom. The summed E-state index contributed by atoms with van der Waals surface area (Å²) >= 11 is 0. The first-order chi connectivity index (χ1) is 11.8. The molecular weight excluding hydrogens is 318 g/mol. The standard InChI is InChI=1S/C20H21NO4/c1-20(2,3)25-18(22)14-9-7-11-16(19(23)24-4)21-15-10-6-5-8-13(15)12-17(14)21/h5-11H,12H2,1-4H3. The molecule has 3 rings (SSSR count). The molecule has 1 aromatic rings. The van der Waals surface area contributed by atoms with E-state index >= 15 is 0 Å². The molecule has 0 aliphatic carbocycles. The van der Waals surface area contributed by atoms with Crippen LogP contribution in [-0.4, -0.2) is 24.6 Å². The van der Waals surface area contributed by atoms with E-state index < -0.39 is 17.5 Å². The minimum absolute atomic E-state index is 0.372. The molecule has 2 heterocycles. The molecule has 0 amide bonds. The number of allylic oxidation sites excluding steroid dienone is 3. The Bertz CT molecular complexity index is 824. The molecule has 0 bridgehead atoms. The Morgan fingerprint density at radius 3 is 2.52 bits per heavy atom. The van der Waals surface area contributed by atoms with Gasteiger partial charge in [-0.3, -0.25) is 0 Å². The molecule has 0 saturated carbocycles. The summed E-state index contributed by atoms with van der Waals surface area (Å²) in [6, 6.07) is 7.76. The van der Waals surface area contributed by atoms with Gasteiger partial charge < -0.3 is 14.4 Å². The van der Waals surface area contributed by atoms with Crippen LogP contribution in [0.2, 0.25) is 0 Å². The normalized spacial score (nSPS) is 16.0. The van der Waals surface area contributed by atoms with Crippen LogP contribution in [-0.2, 0) is 25.5 Å². The second kappa shape index (κ2) is 6.24. The molecule has 0 unspecified atom stereocenters. The summed E-state index contributed by atoms with van der Waals surface area (Å²) in [7, 11) is 1.35. The quantitative estimate of drug-likeness (QED) is 0.774. The molecule has 2 aliphatic heterocycles. The number of carbonyl (C=O) groups is 2. The molecule has 1 aromatic carbocycles. The summed E-state index contributed by atoms with van der Waals surface area (Å²) in [5, 5.41) is 0. The van der Waals surface area contributed by atoms with Gasteiger partial charge in [-0.25, -0.2) is 9.59 Å². The number of benzene rings is 1. The van der Waals surface area contributed by atoms with Gasteiger partial charge in [-0.15, -0.1) is 0 Å². The van der Waals surface area contributed by atoms with E-state index in [1.807, 2.05) is 45.0 Å². The number of hydrogen-bond donors (Lipinski definition) is 0. The fourth-order valence-electron chi connectivity index (χ4n) is 2.96. The third kappa shape index (κ3) is 3.22. The second-order valence-corrected chi connectivity index (χ2v) is 6.91. The maximum Gasteiger partial charge on any atom is 0.355 e. The highest BCUT2D eigenvalue weighted by Crippen LogP contribution is 2.40. The maximum atomic E-state index is 12.7. The van der Waals surface area contributed by atoms with Crippen LogP contribution < -0.4 is 4.90 Å². The van der Waals surface area contributed by atoms with Gasteiger partial charge in [0.2, 0.25) is 0 Å². The number of fused-ring (bicyclic) bond motifs is 3. The smallest absolute Gasteiger partial charge is 0.355 e. The van der Waals surface area contributed by atoms with Gasteiger partial charge in [0, 0.05) is 17.8 Å². The van der Waals surface area contributed by atoms with Gasteiger partial charge in [0.25, 0.3) is 0 Å². The SMILES string of the molecule is COC(=O)C1=CC=CC(C(=O)OC(C)(C)C)=C2Cc3ccccc3N12. The van der Waals surface area contributed by atoms with E-state index in [0.717, 1.165) is 16.9 Å². The lowest BCUT2D eigenvalue weighted by Gasteiger charge is -2.25. The van der Waals surface area contributed by atoms with Gasteiger partial charge in [-0.1, -0.05) is 24.3 Å². The Kier molecular flexibility index (Phi) is 4.25. The number of hydrogen-bond acceptors (Lipinski definition) is 5. The lowest BCUT2D eigenvalue weighted by molar-refractivity contribution is -0.149. The lowest BCUT2D eigenvalue weighted by Crippen LogP contribution is -2.29. The topological polar surface area (TPSA) is 55.8 Å². The van der Waals surface area contributed by atoms with E-state index in [4.69, 9.17) is 9.47 Å². The fraction of sp³-hybridized carbons (Fsp3) is 0.300. The zero-order valence-corrected chi connectivity index (χ0v) is 14.8. The summed E-state index contributed by atoms with van der Waals surface area (Å²) < 4.78 is 10.5. The van der Waals surface area contributed by atoms with Crippen molar-refractivity contribution in [3.8, 4) is 0 Å². The summed E-state index contributed by atoms with van der Waals surface area (Å²) in [6.45, 7) is 5.49. The summed E-state index contributed by atoms with van der Waals surface area (Å²) in [6.07, 6.45) is 5.58. The van der Waals surface area contributed by atoms with Gasteiger partial charge in [-0.05, 0) is 44.6 Å². The van der Waals surface area contributed by atoms with Gasteiger partial charge in [-0.2, -0.15) is 0 Å². The number of nitrogens with zero attached hydrogens (tertiary/aromatic N) is 1. The summed E-state index contributed by atoms with van der Waals surface area (Å²) in [5.74, 6) is -0.861. The Labute approximate surface area is 147 Å². The van der Waals surface area contributed by atoms with Crippen molar-refractivity contribution < 1.29 is 19.1 Å². The average Bonchev–Trinajstić information content (AvgIpc) is 2.81. The van der Waals surface area contributed by atoms with Crippen molar-refractivity contribution in [2.24, 2.45) is 0 Å². The third-order valence-electron chi connectivity index (χ3n) is 3.94.